The van der Waals surface area contributed by atoms with E-state index in [4.69, 9.17) is 9.47 Å². The van der Waals surface area contributed by atoms with E-state index in [9.17, 15) is 18.0 Å². The molecule has 1 N–H and O–H groups in total. The lowest BCUT2D eigenvalue weighted by atomic mass is 10.2. The first kappa shape index (κ1) is 24.2. The highest BCUT2D eigenvalue weighted by Gasteiger charge is 2.26. The van der Waals surface area contributed by atoms with Crippen molar-refractivity contribution in [3.63, 3.8) is 0 Å². The third kappa shape index (κ3) is 5.85. The molecule has 1 aromatic heterocycles. The molecule has 1 fully saturated rings. The molecule has 0 atom stereocenters. The van der Waals surface area contributed by atoms with Crippen LogP contribution in [0.1, 0.15) is 23.1 Å². The Kier molecular flexibility index (Phi) is 8.23. The summed E-state index contributed by atoms with van der Waals surface area (Å²) in [4.78, 5) is 24.1. The zero-order chi connectivity index (χ0) is 23.1. The van der Waals surface area contributed by atoms with E-state index in [2.05, 4.69) is 15.5 Å². The molecule has 0 radical (unpaired) electrons. The monoisotopic (exact) mass is 483 g/mol. The summed E-state index contributed by atoms with van der Waals surface area (Å²) in [5, 5.41) is 11.3. The van der Waals surface area contributed by atoms with E-state index in [-0.39, 0.29) is 29.1 Å². The fourth-order valence-corrected chi connectivity index (χ4v) is 5.06. The molecule has 2 aromatic rings. The zero-order valence-corrected chi connectivity index (χ0v) is 19.4. The molecule has 1 aliphatic rings. The molecule has 11 nitrogen and oxygen atoms in total. The van der Waals surface area contributed by atoms with Gasteiger partial charge in [-0.05, 0) is 31.2 Å². The molecule has 13 heteroatoms. The van der Waals surface area contributed by atoms with Crippen molar-refractivity contribution >= 4 is 33.7 Å². The molecule has 0 unspecified atom stereocenters. The lowest BCUT2D eigenvalue weighted by molar-refractivity contribution is -0.139. The minimum Gasteiger partial charge on any atom is -0.465 e. The van der Waals surface area contributed by atoms with Gasteiger partial charge < -0.3 is 19.4 Å². The Morgan fingerprint density at radius 3 is 2.53 bits per heavy atom. The fourth-order valence-electron chi connectivity index (χ4n) is 2.93. The highest BCUT2D eigenvalue weighted by Crippen LogP contribution is 2.18. The van der Waals surface area contributed by atoms with Crippen molar-refractivity contribution in [2.24, 2.45) is 7.05 Å². The van der Waals surface area contributed by atoms with Gasteiger partial charge in [0.1, 0.15) is 0 Å². The van der Waals surface area contributed by atoms with Crippen LogP contribution in [-0.4, -0.2) is 78.0 Å². The number of carbonyl (C=O) groups is 2. The van der Waals surface area contributed by atoms with Gasteiger partial charge in [0, 0.05) is 25.7 Å². The van der Waals surface area contributed by atoms with E-state index >= 15 is 0 Å². The molecule has 1 saturated heterocycles. The number of esters is 1. The zero-order valence-electron chi connectivity index (χ0n) is 17.8. The number of ether oxygens (including phenoxy) is 2. The van der Waals surface area contributed by atoms with Crippen LogP contribution >= 0.6 is 11.8 Å². The molecule has 0 spiro atoms. The third-order valence-electron chi connectivity index (χ3n) is 4.68. The first-order chi connectivity index (χ1) is 15.3. The molecule has 0 bridgehead atoms. The van der Waals surface area contributed by atoms with E-state index in [1.54, 1.807) is 18.5 Å². The van der Waals surface area contributed by atoms with Crippen molar-refractivity contribution < 1.29 is 27.5 Å². The van der Waals surface area contributed by atoms with Crippen LogP contribution in [0.4, 0.5) is 0 Å². The molecular formula is C19H25N5O6S2. The molecule has 0 saturated carbocycles. The minimum absolute atomic E-state index is 0.117. The fraction of sp³-hybridized carbons (Fsp3) is 0.474. The van der Waals surface area contributed by atoms with Crippen molar-refractivity contribution in [1.29, 1.82) is 0 Å². The van der Waals surface area contributed by atoms with E-state index in [1.165, 1.54) is 40.3 Å². The number of amides is 1. The van der Waals surface area contributed by atoms with Gasteiger partial charge in [0.05, 0.1) is 37.0 Å². The van der Waals surface area contributed by atoms with Crippen LogP contribution in [0.15, 0.2) is 34.3 Å². The van der Waals surface area contributed by atoms with Crippen molar-refractivity contribution in [2.45, 2.75) is 23.5 Å². The lowest BCUT2D eigenvalue weighted by Crippen LogP contribution is -2.40. The van der Waals surface area contributed by atoms with E-state index < -0.39 is 10.0 Å². The average Bonchev–Trinajstić information content (AvgIpc) is 3.16. The predicted molar refractivity (Wildman–Crippen MR) is 116 cm³/mol. The molecular weight excluding hydrogens is 458 g/mol. The van der Waals surface area contributed by atoms with Crippen LogP contribution in [0.3, 0.4) is 0 Å². The van der Waals surface area contributed by atoms with Crippen LogP contribution in [0, 0.1) is 0 Å². The summed E-state index contributed by atoms with van der Waals surface area (Å²) in [5.41, 5.74) is 0.324. The molecule has 3 rings (SSSR count). The number of hydrogen-bond acceptors (Lipinski definition) is 9. The number of morpholine rings is 1. The van der Waals surface area contributed by atoms with Crippen LogP contribution in [-0.2, 0) is 37.9 Å². The largest absolute Gasteiger partial charge is 0.465 e. The van der Waals surface area contributed by atoms with Crippen molar-refractivity contribution in [3.05, 3.63) is 35.7 Å². The molecule has 174 valence electrons. The number of benzene rings is 1. The Morgan fingerprint density at radius 2 is 1.88 bits per heavy atom. The van der Waals surface area contributed by atoms with Gasteiger partial charge in [-0.3, -0.25) is 9.59 Å². The summed E-state index contributed by atoms with van der Waals surface area (Å²) >= 11 is 1.20. The van der Waals surface area contributed by atoms with Crippen LogP contribution in [0.25, 0.3) is 0 Å². The van der Waals surface area contributed by atoms with Crippen LogP contribution < -0.4 is 5.32 Å². The van der Waals surface area contributed by atoms with Crippen molar-refractivity contribution in [1.82, 2.24) is 24.4 Å². The Morgan fingerprint density at radius 1 is 1.19 bits per heavy atom. The smallest absolute Gasteiger partial charge is 0.316 e. The molecule has 1 aliphatic heterocycles. The van der Waals surface area contributed by atoms with Gasteiger partial charge in [0.25, 0.3) is 5.91 Å². The SMILES string of the molecule is CCOC(=O)CSc1nnc(CNC(=O)c2ccc(S(=O)(=O)N3CCOCC3)cc2)n1C. The van der Waals surface area contributed by atoms with Gasteiger partial charge in [-0.25, -0.2) is 8.42 Å². The van der Waals surface area contributed by atoms with E-state index in [0.717, 1.165) is 0 Å². The Labute approximate surface area is 190 Å². The maximum atomic E-state index is 12.7. The average molecular weight is 484 g/mol. The number of hydrogen-bond donors (Lipinski definition) is 1. The highest BCUT2D eigenvalue weighted by atomic mass is 32.2. The summed E-state index contributed by atoms with van der Waals surface area (Å²) in [5.74, 6) is -0.0824. The summed E-state index contributed by atoms with van der Waals surface area (Å²) in [6, 6.07) is 5.79. The first-order valence-electron chi connectivity index (χ1n) is 9.95. The topological polar surface area (TPSA) is 133 Å². The number of carbonyl (C=O) groups excluding carboxylic acids is 2. The molecule has 0 aliphatic carbocycles. The maximum absolute atomic E-state index is 12.7. The standard InChI is InChI=1S/C19H25N5O6S2/c1-3-30-17(25)13-31-19-22-21-16(23(19)2)12-20-18(26)14-4-6-15(7-5-14)32(27,28)24-8-10-29-11-9-24/h4-7H,3,8-13H2,1-2H3,(H,20,26). The number of rotatable bonds is 9. The van der Waals surface area contributed by atoms with Crippen LogP contribution in [0.2, 0.25) is 0 Å². The van der Waals surface area contributed by atoms with E-state index in [1.807, 2.05) is 0 Å². The first-order valence-corrected chi connectivity index (χ1v) is 12.4. The maximum Gasteiger partial charge on any atom is 0.316 e. The lowest BCUT2D eigenvalue weighted by Gasteiger charge is -2.26. The minimum atomic E-state index is -3.61. The van der Waals surface area contributed by atoms with E-state index in [0.29, 0.717) is 49.5 Å². The van der Waals surface area contributed by atoms with Crippen molar-refractivity contribution in [2.75, 3.05) is 38.7 Å². The second-order valence-electron chi connectivity index (χ2n) is 6.78. The number of nitrogens with one attached hydrogen (secondary N) is 1. The molecule has 32 heavy (non-hydrogen) atoms. The second kappa shape index (κ2) is 10.9. The third-order valence-corrected chi connectivity index (χ3v) is 7.59. The Balaban J connectivity index is 1.57. The normalized spacial score (nSPS) is 14.8. The van der Waals surface area contributed by atoms with Gasteiger partial charge in [-0.15, -0.1) is 10.2 Å². The van der Waals surface area contributed by atoms with Gasteiger partial charge in [0.2, 0.25) is 10.0 Å². The number of sulfonamides is 1. The van der Waals surface area contributed by atoms with Crippen LogP contribution in [0.5, 0.6) is 0 Å². The number of aromatic nitrogens is 3. The quantitative estimate of drug-likeness (QED) is 0.398. The summed E-state index contributed by atoms with van der Waals surface area (Å²) in [6.45, 7) is 3.52. The molecule has 1 amide bonds. The molecule has 1 aromatic carbocycles. The van der Waals surface area contributed by atoms with Gasteiger partial charge in [0.15, 0.2) is 11.0 Å². The Hall–Kier alpha value is -2.48. The Bertz CT molecular complexity index is 1050. The van der Waals surface area contributed by atoms with Crippen molar-refractivity contribution in [3.8, 4) is 0 Å². The summed E-state index contributed by atoms with van der Waals surface area (Å²) in [7, 11) is -1.88. The van der Waals surface area contributed by atoms with Gasteiger partial charge in [-0.2, -0.15) is 4.31 Å². The predicted octanol–water partition coefficient (Wildman–Crippen LogP) is 0.421. The second-order valence-corrected chi connectivity index (χ2v) is 9.66. The summed E-state index contributed by atoms with van der Waals surface area (Å²) in [6.07, 6.45) is 0. The number of nitrogens with zero attached hydrogens (tertiary/aromatic N) is 4. The van der Waals surface area contributed by atoms with Gasteiger partial charge >= 0.3 is 5.97 Å². The van der Waals surface area contributed by atoms with Gasteiger partial charge in [-0.1, -0.05) is 11.8 Å². The summed E-state index contributed by atoms with van der Waals surface area (Å²) < 4.78 is 38.5. The molecule has 2 heterocycles. The highest BCUT2D eigenvalue weighted by molar-refractivity contribution is 7.99. The number of thioether (sulfide) groups is 1.